The third-order valence-electron chi connectivity index (χ3n) is 4.41. The summed E-state index contributed by atoms with van der Waals surface area (Å²) in [6.45, 7) is 0.492. The van der Waals surface area contributed by atoms with Crippen LogP contribution in [0, 0.1) is 0 Å². The topological polar surface area (TPSA) is 106 Å². The summed E-state index contributed by atoms with van der Waals surface area (Å²) in [5.74, 6) is 0.626. The lowest BCUT2D eigenvalue weighted by Gasteiger charge is -2.11. The van der Waals surface area contributed by atoms with Gasteiger partial charge in [0.1, 0.15) is 11.3 Å². The molecule has 2 aromatic carbocycles. The van der Waals surface area contributed by atoms with Crippen LogP contribution in [0.2, 0.25) is 0 Å². The van der Waals surface area contributed by atoms with E-state index in [0.717, 1.165) is 15.6 Å². The first-order valence-electron chi connectivity index (χ1n) is 9.01. The maximum absolute atomic E-state index is 12.2. The number of benzene rings is 2. The van der Waals surface area contributed by atoms with Crippen molar-refractivity contribution in [1.29, 1.82) is 0 Å². The van der Waals surface area contributed by atoms with E-state index in [1.165, 1.54) is 26.2 Å². The van der Waals surface area contributed by atoms with Crippen molar-refractivity contribution >= 4 is 32.7 Å². The number of carbonyl (C=O) groups excluding carboxylic acids is 1. The molecule has 0 radical (unpaired) electrons. The Kier molecular flexibility index (Phi) is 6.14. The molecule has 1 amide bonds. The van der Waals surface area contributed by atoms with Gasteiger partial charge in [-0.15, -0.1) is 5.10 Å². The second-order valence-corrected chi connectivity index (χ2v) is 8.78. The molecule has 0 saturated carbocycles. The third kappa shape index (κ3) is 4.72. The zero-order valence-electron chi connectivity index (χ0n) is 16.5. The smallest absolute Gasteiger partial charge is 0.242 e. The molecule has 3 aromatic rings. The van der Waals surface area contributed by atoms with Gasteiger partial charge in [0, 0.05) is 32.7 Å². The normalized spacial score (nSPS) is 11.7. The average Bonchev–Trinajstić information content (AvgIpc) is 3.11. The first-order valence-corrected chi connectivity index (χ1v) is 10.4. The Morgan fingerprint density at radius 2 is 1.90 bits per heavy atom. The fraction of sp³-hybridized carbons (Fsp3) is 0.316. The van der Waals surface area contributed by atoms with Gasteiger partial charge in [-0.3, -0.25) is 4.79 Å². The van der Waals surface area contributed by atoms with Crippen molar-refractivity contribution in [2.75, 3.05) is 26.5 Å². The molecule has 0 atom stereocenters. The Hall–Kier alpha value is -2.98. The molecule has 0 aliphatic rings. The highest BCUT2D eigenvalue weighted by atomic mass is 32.2. The van der Waals surface area contributed by atoms with Gasteiger partial charge in [0.2, 0.25) is 15.9 Å². The van der Waals surface area contributed by atoms with Gasteiger partial charge in [-0.25, -0.2) is 17.4 Å². The maximum atomic E-state index is 12.2. The maximum Gasteiger partial charge on any atom is 0.242 e. The van der Waals surface area contributed by atoms with Crippen molar-refractivity contribution in [3.63, 3.8) is 0 Å². The number of ether oxygens (including phenoxy) is 1. The second-order valence-electron chi connectivity index (χ2n) is 6.63. The minimum Gasteiger partial charge on any atom is -0.497 e. The molecule has 0 fully saturated rings. The monoisotopic (exact) mass is 417 g/mol. The van der Waals surface area contributed by atoms with E-state index in [2.05, 4.69) is 15.6 Å². The molecule has 0 spiro atoms. The first-order chi connectivity index (χ1) is 13.8. The van der Waals surface area contributed by atoms with Gasteiger partial charge in [-0.2, -0.15) is 0 Å². The number of nitrogens with zero attached hydrogens (tertiary/aromatic N) is 4. The largest absolute Gasteiger partial charge is 0.497 e. The number of anilines is 1. The number of aromatic nitrogens is 3. The summed E-state index contributed by atoms with van der Waals surface area (Å²) in [6, 6.07) is 11.8. The van der Waals surface area contributed by atoms with Crippen LogP contribution in [0.4, 0.5) is 5.69 Å². The summed E-state index contributed by atoms with van der Waals surface area (Å²) >= 11 is 0. The van der Waals surface area contributed by atoms with Gasteiger partial charge in [0.15, 0.2) is 0 Å². The number of rotatable bonds is 8. The van der Waals surface area contributed by atoms with Crippen LogP contribution in [0.3, 0.4) is 0 Å². The third-order valence-corrected chi connectivity index (χ3v) is 6.22. The lowest BCUT2D eigenvalue weighted by atomic mass is 10.2. The summed E-state index contributed by atoms with van der Waals surface area (Å²) in [5, 5.41) is 11.0. The lowest BCUT2D eigenvalue weighted by Crippen LogP contribution is -2.22. The summed E-state index contributed by atoms with van der Waals surface area (Å²) in [5.41, 5.74) is 1.92. The molecule has 0 aliphatic carbocycles. The minimum atomic E-state index is -3.53. The van der Waals surface area contributed by atoms with Crippen LogP contribution in [-0.4, -0.2) is 54.8 Å². The van der Waals surface area contributed by atoms with E-state index in [9.17, 15) is 13.2 Å². The number of hydrogen-bond donors (Lipinski definition) is 1. The molecular weight excluding hydrogens is 394 g/mol. The van der Waals surface area contributed by atoms with E-state index in [1.54, 1.807) is 42.1 Å². The lowest BCUT2D eigenvalue weighted by molar-refractivity contribution is -0.116. The van der Waals surface area contributed by atoms with Gasteiger partial charge in [0.05, 0.1) is 17.5 Å². The number of amides is 1. The highest BCUT2D eigenvalue weighted by Gasteiger charge is 2.18. The molecule has 1 N–H and O–H groups in total. The summed E-state index contributed by atoms with van der Waals surface area (Å²) < 4.78 is 32.4. The molecule has 3 rings (SSSR count). The Labute approximate surface area is 169 Å². The van der Waals surface area contributed by atoms with Gasteiger partial charge < -0.3 is 10.1 Å². The quantitative estimate of drug-likeness (QED) is 0.602. The van der Waals surface area contributed by atoms with E-state index in [-0.39, 0.29) is 10.8 Å². The molecule has 1 heterocycles. The molecule has 29 heavy (non-hydrogen) atoms. The minimum absolute atomic E-state index is 0.0982. The van der Waals surface area contributed by atoms with Crippen molar-refractivity contribution in [1.82, 2.24) is 19.3 Å². The van der Waals surface area contributed by atoms with Crippen molar-refractivity contribution in [3.05, 3.63) is 42.5 Å². The van der Waals surface area contributed by atoms with Crippen molar-refractivity contribution in [3.8, 4) is 5.75 Å². The van der Waals surface area contributed by atoms with Crippen LogP contribution in [0.1, 0.15) is 12.8 Å². The predicted octanol–water partition coefficient (Wildman–Crippen LogP) is 2.11. The first kappa shape index (κ1) is 20.7. The van der Waals surface area contributed by atoms with Crippen LogP contribution in [0.15, 0.2) is 47.4 Å². The van der Waals surface area contributed by atoms with Crippen LogP contribution >= 0.6 is 0 Å². The Morgan fingerprint density at radius 3 is 2.55 bits per heavy atom. The molecular formula is C19H23N5O4S. The number of sulfonamides is 1. The van der Waals surface area contributed by atoms with Crippen LogP contribution in [0.25, 0.3) is 11.0 Å². The van der Waals surface area contributed by atoms with Gasteiger partial charge >= 0.3 is 0 Å². The Balaban J connectivity index is 1.60. The summed E-state index contributed by atoms with van der Waals surface area (Å²) in [7, 11) is 1.02. The molecule has 9 nitrogen and oxygen atoms in total. The van der Waals surface area contributed by atoms with Crippen LogP contribution in [-0.2, 0) is 21.4 Å². The Bertz CT molecular complexity index is 1110. The number of methoxy groups -OCH3 is 1. The molecule has 0 saturated heterocycles. The fourth-order valence-electron chi connectivity index (χ4n) is 2.78. The standard InChI is InChI=1S/C19H23N5O4S/c1-23(2)29(26,27)16-10-11-18-17(13-16)21-22-24(18)12-4-5-19(25)20-14-6-8-15(28-3)9-7-14/h6-11,13H,4-5,12H2,1-3H3,(H,20,25). The van der Waals surface area contributed by atoms with Crippen LogP contribution < -0.4 is 10.1 Å². The summed E-state index contributed by atoms with van der Waals surface area (Å²) in [4.78, 5) is 12.3. The number of fused-ring (bicyclic) bond motifs is 1. The highest BCUT2D eigenvalue weighted by molar-refractivity contribution is 7.89. The van der Waals surface area contributed by atoms with E-state index in [0.29, 0.717) is 30.6 Å². The van der Waals surface area contributed by atoms with Gasteiger partial charge in [-0.05, 0) is 48.9 Å². The van der Waals surface area contributed by atoms with Gasteiger partial charge in [-0.1, -0.05) is 5.21 Å². The molecule has 10 heteroatoms. The zero-order chi connectivity index (χ0) is 21.0. The van der Waals surface area contributed by atoms with E-state index < -0.39 is 10.0 Å². The molecule has 154 valence electrons. The number of carbonyl (C=O) groups is 1. The zero-order valence-corrected chi connectivity index (χ0v) is 17.3. The fourth-order valence-corrected chi connectivity index (χ4v) is 3.70. The average molecular weight is 417 g/mol. The Morgan fingerprint density at radius 1 is 1.17 bits per heavy atom. The van der Waals surface area contributed by atoms with Gasteiger partial charge in [0.25, 0.3) is 0 Å². The number of aryl methyl sites for hydroxylation is 1. The SMILES string of the molecule is COc1ccc(NC(=O)CCCn2nnc3cc(S(=O)(=O)N(C)C)ccc32)cc1. The van der Waals surface area contributed by atoms with E-state index in [4.69, 9.17) is 4.74 Å². The van der Waals surface area contributed by atoms with Crippen molar-refractivity contribution < 1.29 is 17.9 Å². The van der Waals surface area contributed by atoms with E-state index in [1.807, 2.05) is 0 Å². The van der Waals surface area contributed by atoms with Crippen molar-refractivity contribution in [2.45, 2.75) is 24.3 Å². The molecule has 0 bridgehead atoms. The van der Waals surface area contributed by atoms with Crippen molar-refractivity contribution in [2.24, 2.45) is 0 Å². The van der Waals surface area contributed by atoms with E-state index >= 15 is 0 Å². The van der Waals surface area contributed by atoms with Crippen LogP contribution in [0.5, 0.6) is 5.75 Å². The summed E-state index contributed by atoms with van der Waals surface area (Å²) in [6.07, 6.45) is 0.888. The highest BCUT2D eigenvalue weighted by Crippen LogP contribution is 2.20. The number of hydrogen-bond acceptors (Lipinski definition) is 6. The number of nitrogens with one attached hydrogen (secondary N) is 1. The molecule has 1 aromatic heterocycles. The second kappa shape index (κ2) is 8.58. The predicted molar refractivity (Wildman–Crippen MR) is 109 cm³/mol. The molecule has 0 aliphatic heterocycles. The molecule has 0 unspecified atom stereocenters.